The Labute approximate surface area is 257 Å². The summed E-state index contributed by atoms with van der Waals surface area (Å²) in [6.45, 7) is 30.7. The number of rotatable bonds is 12. The van der Waals surface area contributed by atoms with Crippen LogP contribution in [-0.2, 0) is 37.3 Å². The van der Waals surface area contributed by atoms with E-state index in [1.165, 1.54) is 6.92 Å². The molecule has 2 amide bonds. The SMILES string of the molecule is CC(=O)NC(CC(=O)O[Si](C)(C)C(C)(C)C)C(=O)NC(CCC(=O)O[Si](C)(C)C(C)(C)C)C(=O)O[Si](C)(C)C(C)(C)C. The van der Waals surface area contributed by atoms with E-state index in [1.54, 1.807) is 0 Å². The smallest absolute Gasteiger partial charge is 0.315 e. The van der Waals surface area contributed by atoms with E-state index in [0.717, 1.165) is 0 Å². The highest BCUT2D eigenvalue weighted by atomic mass is 28.4. The number of carbonyl (C=O) groups is 5. The quantitative estimate of drug-likeness (QED) is 0.254. The molecule has 0 radical (unpaired) electrons. The summed E-state index contributed by atoms with van der Waals surface area (Å²) < 4.78 is 17.6. The lowest BCUT2D eigenvalue weighted by Gasteiger charge is -2.37. The van der Waals surface area contributed by atoms with Crippen molar-refractivity contribution in [2.24, 2.45) is 0 Å². The minimum absolute atomic E-state index is 0.0616. The third-order valence-electron chi connectivity index (χ3n) is 8.82. The maximum absolute atomic E-state index is 13.4. The Bertz CT molecular complexity index is 1010. The van der Waals surface area contributed by atoms with Crippen molar-refractivity contribution >= 4 is 54.7 Å². The van der Waals surface area contributed by atoms with Gasteiger partial charge in [-0.15, -0.1) is 0 Å². The molecule has 244 valence electrons. The highest BCUT2D eigenvalue weighted by molar-refractivity contribution is 6.76. The van der Waals surface area contributed by atoms with Gasteiger partial charge >= 0.3 is 5.97 Å². The van der Waals surface area contributed by atoms with Gasteiger partial charge in [0.2, 0.25) is 11.8 Å². The number of amides is 2. The summed E-state index contributed by atoms with van der Waals surface area (Å²) in [7, 11) is -7.44. The summed E-state index contributed by atoms with van der Waals surface area (Å²) in [5, 5.41) is 4.42. The molecule has 0 aliphatic rings. The average molecular weight is 647 g/mol. The highest BCUT2D eigenvalue weighted by Crippen LogP contribution is 2.38. The number of hydrogen-bond donors (Lipinski definition) is 2. The molecule has 0 aliphatic heterocycles. The van der Waals surface area contributed by atoms with Gasteiger partial charge in [0.05, 0.1) is 6.42 Å². The topological polar surface area (TPSA) is 137 Å². The summed E-state index contributed by atoms with van der Waals surface area (Å²) in [5.74, 6) is -3.01. The first-order chi connectivity index (χ1) is 18.4. The zero-order valence-corrected chi connectivity index (χ0v) is 32.0. The fourth-order valence-corrected chi connectivity index (χ4v) is 5.74. The maximum atomic E-state index is 13.4. The molecule has 42 heavy (non-hydrogen) atoms. The predicted octanol–water partition coefficient (Wildman–Crippen LogP) is 5.79. The van der Waals surface area contributed by atoms with Crippen LogP contribution in [-0.4, -0.2) is 66.8 Å². The van der Waals surface area contributed by atoms with E-state index in [9.17, 15) is 24.0 Å². The van der Waals surface area contributed by atoms with Crippen molar-refractivity contribution in [1.29, 1.82) is 0 Å². The first-order valence-corrected chi connectivity index (χ1v) is 23.4. The Morgan fingerprint density at radius 1 is 0.595 bits per heavy atom. The van der Waals surface area contributed by atoms with Crippen LogP contribution in [0.1, 0.15) is 88.5 Å². The Kier molecular flexibility index (Phi) is 13.5. The number of nitrogens with one attached hydrogen (secondary N) is 2. The first-order valence-electron chi connectivity index (χ1n) is 14.7. The van der Waals surface area contributed by atoms with E-state index in [-0.39, 0.29) is 28.0 Å². The average Bonchev–Trinajstić information content (AvgIpc) is 2.72. The van der Waals surface area contributed by atoms with Gasteiger partial charge in [0.25, 0.3) is 36.9 Å². The zero-order valence-electron chi connectivity index (χ0n) is 29.0. The van der Waals surface area contributed by atoms with Crippen molar-refractivity contribution in [1.82, 2.24) is 10.6 Å². The molecule has 0 bridgehead atoms. The first kappa shape index (κ1) is 40.0. The lowest BCUT2D eigenvalue weighted by Crippen LogP contribution is -2.55. The standard InChI is InChI=1S/C29H58N2O8Si3/c1-20(32)30-22(19-24(34)38-41(13,14)28(5,6)7)25(35)31-21(26(36)39-42(15,16)29(8,9)10)17-18-23(33)37-40(11,12)27(2,3)4/h21-22H,17-19H2,1-16H3,(H,30,32)(H,31,35). The zero-order chi connectivity index (χ0) is 33.7. The van der Waals surface area contributed by atoms with Crippen LogP contribution in [0.15, 0.2) is 0 Å². The molecule has 0 heterocycles. The van der Waals surface area contributed by atoms with E-state index in [2.05, 4.69) is 10.6 Å². The highest BCUT2D eigenvalue weighted by Gasteiger charge is 2.44. The summed E-state index contributed by atoms with van der Waals surface area (Å²) in [4.78, 5) is 64.6. The van der Waals surface area contributed by atoms with Crippen molar-refractivity contribution in [3.63, 3.8) is 0 Å². The van der Waals surface area contributed by atoms with Gasteiger partial charge < -0.3 is 23.9 Å². The molecule has 2 N–H and O–H groups in total. The van der Waals surface area contributed by atoms with E-state index in [1.807, 2.05) is 102 Å². The van der Waals surface area contributed by atoms with Crippen molar-refractivity contribution in [3.05, 3.63) is 0 Å². The van der Waals surface area contributed by atoms with Gasteiger partial charge in [-0.25, -0.2) is 0 Å². The molecule has 0 aromatic heterocycles. The molecule has 0 aliphatic carbocycles. The lowest BCUT2D eigenvalue weighted by molar-refractivity contribution is -0.142. The van der Waals surface area contributed by atoms with Crippen LogP contribution < -0.4 is 10.6 Å². The monoisotopic (exact) mass is 646 g/mol. The van der Waals surface area contributed by atoms with Gasteiger partial charge in [-0.05, 0) is 60.8 Å². The Balaban J connectivity index is 6.04. The third-order valence-corrected chi connectivity index (χ3v) is 21.8. The molecule has 13 heteroatoms. The Morgan fingerprint density at radius 3 is 1.36 bits per heavy atom. The second-order valence-electron chi connectivity index (χ2n) is 15.7. The molecule has 0 saturated carbocycles. The van der Waals surface area contributed by atoms with Gasteiger partial charge in [-0.2, -0.15) is 0 Å². The van der Waals surface area contributed by atoms with Crippen LogP contribution in [0.2, 0.25) is 54.4 Å². The van der Waals surface area contributed by atoms with E-state index >= 15 is 0 Å². The van der Waals surface area contributed by atoms with E-state index in [4.69, 9.17) is 13.3 Å². The van der Waals surface area contributed by atoms with Crippen LogP contribution in [0.25, 0.3) is 0 Å². The van der Waals surface area contributed by atoms with E-state index in [0.29, 0.717) is 0 Å². The van der Waals surface area contributed by atoms with Crippen LogP contribution in [0.4, 0.5) is 0 Å². The molecular weight excluding hydrogens is 589 g/mol. The molecule has 10 nitrogen and oxygen atoms in total. The van der Waals surface area contributed by atoms with Gasteiger partial charge in [-0.3, -0.25) is 24.0 Å². The van der Waals surface area contributed by atoms with Crippen LogP contribution in [0.3, 0.4) is 0 Å². The van der Waals surface area contributed by atoms with Crippen LogP contribution in [0.5, 0.6) is 0 Å². The third kappa shape index (κ3) is 12.3. The summed E-state index contributed by atoms with van der Waals surface area (Å²) >= 11 is 0. The molecular formula is C29H58N2O8Si3. The van der Waals surface area contributed by atoms with Gasteiger partial charge in [0.15, 0.2) is 0 Å². The Morgan fingerprint density at radius 2 is 0.976 bits per heavy atom. The molecule has 0 saturated heterocycles. The van der Waals surface area contributed by atoms with Crippen molar-refractivity contribution in [2.45, 2.75) is 155 Å². The van der Waals surface area contributed by atoms with Gasteiger partial charge in [-0.1, -0.05) is 62.3 Å². The molecule has 0 spiro atoms. The summed E-state index contributed by atoms with van der Waals surface area (Å²) in [5.41, 5.74) is 0. The minimum Gasteiger partial charge on any atom is -0.519 e. The lowest BCUT2D eigenvalue weighted by atomic mass is 10.1. The molecule has 0 fully saturated rings. The van der Waals surface area contributed by atoms with Crippen molar-refractivity contribution in [2.75, 3.05) is 0 Å². The largest absolute Gasteiger partial charge is 0.519 e. The van der Waals surface area contributed by atoms with Crippen LogP contribution in [0, 0.1) is 0 Å². The Hall–Kier alpha value is -2.00. The second kappa shape index (κ2) is 14.2. The minimum atomic E-state index is -2.57. The summed E-state index contributed by atoms with van der Waals surface area (Å²) in [6.07, 6.45) is -0.592. The normalized spacial score (nSPS) is 14.8. The maximum Gasteiger partial charge on any atom is 0.315 e. The number of carbonyl (C=O) groups excluding carboxylic acids is 5. The number of hydrogen-bond acceptors (Lipinski definition) is 8. The molecule has 0 rings (SSSR count). The second-order valence-corrected chi connectivity index (χ2v) is 29.9. The summed E-state index contributed by atoms with van der Waals surface area (Å²) in [6, 6.07) is -2.46. The van der Waals surface area contributed by atoms with Crippen molar-refractivity contribution < 1.29 is 37.3 Å². The van der Waals surface area contributed by atoms with Gasteiger partial charge in [0.1, 0.15) is 12.1 Å². The molecule has 2 unspecified atom stereocenters. The molecule has 2 atom stereocenters. The molecule has 0 aromatic rings. The van der Waals surface area contributed by atoms with Gasteiger partial charge in [0, 0.05) is 13.3 Å². The predicted molar refractivity (Wildman–Crippen MR) is 173 cm³/mol. The van der Waals surface area contributed by atoms with Crippen LogP contribution >= 0.6 is 0 Å². The fourth-order valence-electron chi connectivity index (χ4n) is 2.85. The molecule has 0 aromatic carbocycles. The van der Waals surface area contributed by atoms with E-state index < -0.39 is 73.2 Å². The fraction of sp³-hybridized carbons (Fsp3) is 0.828. The van der Waals surface area contributed by atoms with Crippen molar-refractivity contribution in [3.8, 4) is 0 Å².